The zero-order chi connectivity index (χ0) is 8.43. The molecule has 0 aliphatic heterocycles. The van der Waals surface area contributed by atoms with E-state index in [1.165, 1.54) is 13.1 Å². The van der Waals surface area contributed by atoms with Gasteiger partial charge in [0.2, 0.25) is 0 Å². The van der Waals surface area contributed by atoms with E-state index in [1.54, 1.807) is 19.1 Å². The molecule has 3 nitrogen and oxygen atoms in total. The van der Waals surface area contributed by atoms with Crippen molar-refractivity contribution in [3.05, 3.63) is 34.8 Å². The SMILES string of the molecule is CC(=O)c1ccc[n+]([O-])c1C. The van der Waals surface area contributed by atoms with Crippen LogP contribution in [-0.2, 0) is 0 Å². The molecule has 58 valence electrons. The number of pyridine rings is 1. The van der Waals surface area contributed by atoms with Crippen molar-refractivity contribution in [3.8, 4) is 0 Å². The lowest BCUT2D eigenvalue weighted by molar-refractivity contribution is -0.612. The first-order valence-electron chi connectivity index (χ1n) is 3.32. The first-order chi connectivity index (χ1) is 5.13. The van der Waals surface area contributed by atoms with Crippen LogP contribution in [0.4, 0.5) is 0 Å². The molecule has 0 atom stereocenters. The van der Waals surface area contributed by atoms with Crippen LogP contribution in [0.15, 0.2) is 18.3 Å². The number of rotatable bonds is 1. The molecule has 0 unspecified atom stereocenters. The molecule has 0 bridgehead atoms. The average Bonchev–Trinajstić information content (AvgIpc) is 1.94. The Bertz CT molecular complexity index is 294. The van der Waals surface area contributed by atoms with Gasteiger partial charge in [-0.2, -0.15) is 4.73 Å². The number of aromatic nitrogens is 1. The molecule has 0 amide bonds. The Hall–Kier alpha value is -1.38. The molecule has 1 aromatic rings. The standard InChI is InChI=1S/C8H9NO2/c1-6-8(7(2)10)4-3-5-9(6)11/h3-5H,1-2H3. The quantitative estimate of drug-likeness (QED) is 0.339. The molecule has 1 heterocycles. The molecule has 11 heavy (non-hydrogen) atoms. The van der Waals surface area contributed by atoms with E-state index >= 15 is 0 Å². The van der Waals surface area contributed by atoms with Gasteiger partial charge in [-0.15, -0.1) is 0 Å². The molecule has 0 saturated carbocycles. The average molecular weight is 151 g/mol. The highest BCUT2D eigenvalue weighted by molar-refractivity contribution is 5.94. The van der Waals surface area contributed by atoms with Crippen LogP contribution in [0, 0.1) is 12.1 Å². The van der Waals surface area contributed by atoms with Gasteiger partial charge in [-0.25, -0.2) is 0 Å². The van der Waals surface area contributed by atoms with Crippen molar-refractivity contribution in [1.29, 1.82) is 0 Å². The molecule has 1 rings (SSSR count). The van der Waals surface area contributed by atoms with Crippen molar-refractivity contribution >= 4 is 5.78 Å². The summed E-state index contributed by atoms with van der Waals surface area (Å²) in [6, 6.07) is 3.21. The fraction of sp³-hybridized carbons (Fsp3) is 0.250. The lowest BCUT2D eigenvalue weighted by Crippen LogP contribution is -2.31. The van der Waals surface area contributed by atoms with Gasteiger partial charge >= 0.3 is 0 Å². The Morgan fingerprint density at radius 1 is 1.64 bits per heavy atom. The second kappa shape index (κ2) is 2.70. The third-order valence-corrected chi connectivity index (χ3v) is 1.58. The summed E-state index contributed by atoms with van der Waals surface area (Å²) in [5, 5.41) is 10.9. The highest BCUT2D eigenvalue weighted by atomic mass is 16.5. The van der Waals surface area contributed by atoms with E-state index in [4.69, 9.17) is 0 Å². The number of nitrogens with zero attached hydrogens (tertiary/aromatic N) is 1. The van der Waals surface area contributed by atoms with Gasteiger partial charge in [0.25, 0.3) is 0 Å². The van der Waals surface area contributed by atoms with E-state index in [2.05, 4.69) is 0 Å². The van der Waals surface area contributed by atoms with Crippen LogP contribution in [0.5, 0.6) is 0 Å². The molecule has 3 heteroatoms. The second-order valence-corrected chi connectivity index (χ2v) is 2.39. The minimum absolute atomic E-state index is 0.0762. The number of carbonyl (C=O) groups excluding carboxylic acids is 1. The molecule has 0 saturated heterocycles. The fourth-order valence-electron chi connectivity index (χ4n) is 0.941. The van der Waals surface area contributed by atoms with Crippen molar-refractivity contribution in [2.45, 2.75) is 13.8 Å². The Morgan fingerprint density at radius 3 is 2.73 bits per heavy atom. The topological polar surface area (TPSA) is 44.0 Å². The summed E-state index contributed by atoms with van der Waals surface area (Å²) in [6.45, 7) is 3.08. The summed E-state index contributed by atoms with van der Waals surface area (Å²) in [4.78, 5) is 10.9. The van der Waals surface area contributed by atoms with E-state index in [-0.39, 0.29) is 5.78 Å². The molecule has 0 radical (unpaired) electrons. The highest BCUT2D eigenvalue weighted by Gasteiger charge is 2.09. The third-order valence-electron chi connectivity index (χ3n) is 1.58. The van der Waals surface area contributed by atoms with Crippen molar-refractivity contribution in [1.82, 2.24) is 0 Å². The van der Waals surface area contributed by atoms with Gasteiger partial charge < -0.3 is 5.21 Å². The Morgan fingerprint density at radius 2 is 2.27 bits per heavy atom. The first kappa shape index (κ1) is 7.72. The summed E-state index contributed by atoms with van der Waals surface area (Å²) in [5.74, 6) is -0.0762. The summed E-state index contributed by atoms with van der Waals surface area (Å²) in [7, 11) is 0. The first-order valence-corrected chi connectivity index (χ1v) is 3.32. The Balaban J connectivity index is 3.27. The van der Waals surface area contributed by atoms with Gasteiger partial charge in [0.1, 0.15) is 0 Å². The lowest BCUT2D eigenvalue weighted by atomic mass is 10.1. The highest BCUT2D eigenvalue weighted by Crippen LogP contribution is 2.01. The zero-order valence-corrected chi connectivity index (χ0v) is 6.50. The van der Waals surface area contributed by atoms with Gasteiger partial charge in [-0.05, 0) is 13.0 Å². The summed E-state index contributed by atoms with van der Waals surface area (Å²) in [6.07, 6.45) is 1.38. The maximum Gasteiger partial charge on any atom is 0.200 e. The maximum absolute atomic E-state index is 10.9. The van der Waals surface area contributed by atoms with Crippen molar-refractivity contribution in [2.75, 3.05) is 0 Å². The zero-order valence-electron chi connectivity index (χ0n) is 6.50. The molecule has 1 aromatic heterocycles. The molecule has 0 fully saturated rings. The Labute approximate surface area is 64.9 Å². The van der Waals surface area contributed by atoms with Crippen LogP contribution < -0.4 is 4.73 Å². The predicted octanol–water partition coefficient (Wildman–Crippen LogP) is 0.831. The van der Waals surface area contributed by atoms with Crippen LogP contribution in [0.2, 0.25) is 0 Å². The van der Waals surface area contributed by atoms with Crippen molar-refractivity contribution in [2.24, 2.45) is 0 Å². The van der Waals surface area contributed by atoms with Crippen LogP contribution in [0.25, 0.3) is 0 Å². The third kappa shape index (κ3) is 1.37. The van der Waals surface area contributed by atoms with E-state index in [1.807, 2.05) is 0 Å². The monoisotopic (exact) mass is 151 g/mol. The molecular formula is C8H9NO2. The van der Waals surface area contributed by atoms with Gasteiger partial charge in [-0.3, -0.25) is 4.79 Å². The molecule has 0 N–H and O–H groups in total. The molecule has 0 spiro atoms. The maximum atomic E-state index is 10.9. The second-order valence-electron chi connectivity index (χ2n) is 2.39. The van der Waals surface area contributed by atoms with E-state index in [0.717, 1.165) is 0 Å². The number of carbonyl (C=O) groups is 1. The van der Waals surface area contributed by atoms with E-state index in [0.29, 0.717) is 16.0 Å². The number of Topliss-reactive ketones (excluding diaryl/α,β-unsaturated/α-hetero) is 1. The predicted molar refractivity (Wildman–Crippen MR) is 40.1 cm³/mol. The number of ketones is 1. The minimum Gasteiger partial charge on any atom is -0.618 e. The molecule has 0 aromatic carbocycles. The summed E-state index contributed by atoms with van der Waals surface area (Å²) >= 11 is 0. The van der Waals surface area contributed by atoms with Crippen molar-refractivity contribution in [3.63, 3.8) is 0 Å². The minimum atomic E-state index is -0.0762. The van der Waals surface area contributed by atoms with Crippen LogP contribution >= 0.6 is 0 Å². The van der Waals surface area contributed by atoms with E-state index < -0.39 is 0 Å². The smallest absolute Gasteiger partial charge is 0.200 e. The van der Waals surface area contributed by atoms with Crippen LogP contribution in [-0.4, -0.2) is 5.78 Å². The fourth-order valence-corrected chi connectivity index (χ4v) is 0.941. The molecule has 0 aliphatic carbocycles. The van der Waals surface area contributed by atoms with Crippen LogP contribution in [0.3, 0.4) is 0 Å². The van der Waals surface area contributed by atoms with Crippen molar-refractivity contribution < 1.29 is 9.52 Å². The van der Waals surface area contributed by atoms with E-state index in [9.17, 15) is 10.0 Å². The summed E-state index contributed by atoms with van der Waals surface area (Å²) < 4.78 is 0.691. The molecule has 0 aliphatic rings. The largest absolute Gasteiger partial charge is 0.618 e. The van der Waals surface area contributed by atoms with Gasteiger partial charge in [0.15, 0.2) is 17.7 Å². The van der Waals surface area contributed by atoms with Crippen LogP contribution in [0.1, 0.15) is 23.0 Å². The van der Waals surface area contributed by atoms with Gasteiger partial charge in [0.05, 0.1) is 5.56 Å². The summed E-state index contributed by atoms with van der Waals surface area (Å²) in [5.41, 5.74) is 0.947. The lowest BCUT2D eigenvalue weighted by Gasteiger charge is -2.01. The van der Waals surface area contributed by atoms with Gasteiger partial charge in [0, 0.05) is 13.0 Å². The number of hydrogen-bond donors (Lipinski definition) is 0. The number of hydrogen-bond acceptors (Lipinski definition) is 2. The van der Waals surface area contributed by atoms with Gasteiger partial charge in [-0.1, -0.05) is 0 Å². The molecular weight excluding hydrogens is 142 g/mol. The Kier molecular flexibility index (Phi) is 1.89. The normalized spacial score (nSPS) is 9.64.